The Morgan fingerprint density at radius 1 is 1.00 bits per heavy atom. The maximum atomic E-state index is 12.7. The van der Waals surface area contributed by atoms with Gasteiger partial charge in [-0.2, -0.15) is 4.31 Å². The number of aromatic hydroxyl groups is 1. The van der Waals surface area contributed by atoms with Crippen LogP contribution in [0.25, 0.3) is 11.2 Å². The van der Waals surface area contributed by atoms with Crippen LogP contribution in [0, 0.1) is 5.41 Å². The third-order valence-corrected chi connectivity index (χ3v) is 12.2. The lowest BCUT2D eigenvalue weighted by Crippen LogP contribution is -2.46. The zero-order valence-corrected chi connectivity index (χ0v) is 34.9. The molecule has 1 aliphatic heterocycles. The van der Waals surface area contributed by atoms with E-state index in [0.29, 0.717) is 0 Å². The minimum Gasteiger partial charge on any atom is -0.508 e. The minimum atomic E-state index is -5.60. The highest BCUT2D eigenvalue weighted by molar-refractivity contribution is 8.13. The van der Waals surface area contributed by atoms with Gasteiger partial charge >= 0.3 is 23.5 Å². The van der Waals surface area contributed by atoms with Crippen molar-refractivity contribution in [3.63, 3.8) is 0 Å². The van der Waals surface area contributed by atoms with Crippen LogP contribution in [0.2, 0.25) is 0 Å². The first kappa shape index (κ1) is 48.9. The summed E-state index contributed by atoms with van der Waals surface area (Å²) in [4.78, 5) is 100.0. The van der Waals surface area contributed by atoms with Crippen LogP contribution in [0.3, 0.4) is 0 Å². The summed E-state index contributed by atoms with van der Waals surface area (Å²) in [6.45, 7) is 0.168. The van der Waals surface area contributed by atoms with Gasteiger partial charge < -0.3 is 56.0 Å². The normalized spacial score (nSPS) is 20.9. The summed E-state index contributed by atoms with van der Waals surface area (Å²) in [6, 6.07) is 5.41. The second-order valence-corrected chi connectivity index (χ2v) is 18.8. The molecule has 1 fully saturated rings. The summed E-state index contributed by atoms with van der Waals surface area (Å²) in [5, 5.41) is 35.2. The Kier molecular flexibility index (Phi) is 16.6. The largest absolute Gasteiger partial charge is 0.508 e. The number of phenols is 1. The van der Waals surface area contributed by atoms with Crippen molar-refractivity contribution in [2.75, 3.05) is 37.8 Å². The van der Waals surface area contributed by atoms with Crippen molar-refractivity contribution in [1.82, 2.24) is 30.2 Å². The number of benzene rings is 1. The number of ether oxygens (including phenoxy) is 1. The van der Waals surface area contributed by atoms with E-state index in [1.165, 1.54) is 38.1 Å². The van der Waals surface area contributed by atoms with Crippen molar-refractivity contribution in [1.29, 1.82) is 0 Å². The van der Waals surface area contributed by atoms with E-state index < -0.39 is 95.5 Å². The molecule has 332 valence electrons. The number of nitrogens with one attached hydrogen (secondary N) is 2. The molecule has 0 bridgehead atoms. The van der Waals surface area contributed by atoms with Gasteiger partial charge in [-0.3, -0.25) is 37.3 Å². The number of aliphatic hydroxyl groups is 2. The van der Waals surface area contributed by atoms with E-state index in [-0.39, 0.29) is 60.0 Å². The summed E-state index contributed by atoms with van der Waals surface area (Å²) in [5.74, 6) is -1.92. The van der Waals surface area contributed by atoms with Crippen LogP contribution < -0.4 is 16.4 Å². The molecule has 60 heavy (non-hydrogen) atoms. The van der Waals surface area contributed by atoms with Gasteiger partial charge in [0.25, 0.3) is 0 Å². The quantitative estimate of drug-likeness (QED) is 0.0266. The maximum Gasteiger partial charge on any atom is 0.481 e. The van der Waals surface area contributed by atoms with Crippen LogP contribution in [0.1, 0.15) is 43.3 Å². The molecule has 0 radical (unpaired) electrons. The number of carbonyl (C=O) groups is 4. The number of aromatic nitrogens is 4. The number of nitrogen functional groups attached to an aromatic ring is 1. The highest BCUT2D eigenvalue weighted by Crippen LogP contribution is 2.61. The van der Waals surface area contributed by atoms with Gasteiger partial charge in [0.1, 0.15) is 42.0 Å². The number of thioether (sulfide) groups is 1. The monoisotopic (exact) mass is 929 g/mol. The first-order chi connectivity index (χ1) is 27.9. The smallest absolute Gasteiger partial charge is 0.481 e. The van der Waals surface area contributed by atoms with Crippen molar-refractivity contribution < 1.29 is 90.4 Å². The molecule has 3 aromatic rings. The average molecular weight is 930 g/mol. The van der Waals surface area contributed by atoms with Gasteiger partial charge in [-0.1, -0.05) is 25.6 Å². The Morgan fingerprint density at radius 3 is 2.33 bits per heavy atom. The number of phosphoric acid groups is 3. The molecular weight excluding hydrogens is 887 g/mol. The van der Waals surface area contributed by atoms with Crippen LogP contribution in [0.4, 0.5) is 5.82 Å². The van der Waals surface area contributed by atoms with E-state index in [0.717, 1.165) is 29.0 Å². The Labute approximate surface area is 343 Å². The van der Waals surface area contributed by atoms with Crippen LogP contribution in [-0.4, -0.2) is 134 Å². The van der Waals surface area contributed by atoms with Crippen molar-refractivity contribution in [3.8, 4) is 5.75 Å². The summed E-state index contributed by atoms with van der Waals surface area (Å²) >= 11 is 0.826. The molecule has 11 N–H and O–H groups in total. The van der Waals surface area contributed by atoms with Crippen molar-refractivity contribution >= 4 is 74.9 Å². The fraction of sp³-hybridized carbons (Fsp3) is 0.500. The number of fused-ring (bicyclic) bond motifs is 1. The number of rotatable bonds is 22. The van der Waals surface area contributed by atoms with Gasteiger partial charge in [0.05, 0.1) is 26.0 Å². The number of nitrogens with zero attached hydrogens (tertiary/aromatic N) is 4. The standard InChI is InChI=1S/C30H42N7O19P3S/c1-30(2,25(43)28(44)33-8-7-20(40)32-9-10-60-21(41)11-18(39)16-3-5-17(38)6-4-16)13-53-59(50,51)56-58(48,49)52-12-19-24(55-57(45,46)47)23(42)29(54-19)37-15-36-22-26(31)34-14-35-27(22)37/h3-6,14-15,19,23-25,29,38,42-43H,7-13H2,1-2H3,(H,32,40)(H,33,44)(H,48,49)(H,50,51)(H2,31,34,35)(H2,45,46,47). The molecule has 0 aliphatic carbocycles. The fourth-order valence-corrected chi connectivity index (χ4v) is 8.72. The fourth-order valence-electron chi connectivity index (χ4n) is 5.23. The number of nitrogens with two attached hydrogens (primary N) is 1. The lowest BCUT2D eigenvalue weighted by molar-refractivity contribution is -0.137. The number of phosphoric ester groups is 3. The summed E-state index contributed by atoms with van der Waals surface area (Å²) in [6.07, 6.45) is -7.51. The number of phenolic OH excluding ortho intramolecular Hbond substituents is 1. The van der Waals surface area contributed by atoms with Gasteiger partial charge in [0.15, 0.2) is 28.6 Å². The Hall–Kier alpha value is -3.75. The molecule has 0 saturated carbocycles. The van der Waals surface area contributed by atoms with Crippen molar-refractivity contribution in [3.05, 3.63) is 42.5 Å². The molecule has 1 aliphatic rings. The van der Waals surface area contributed by atoms with Crippen molar-refractivity contribution in [2.45, 2.75) is 57.3 Å². The van der Waals surface area contributed by atoms with Gasteiger partial charge in [-0.25, -0.2) is 28.6 Å². The maximum absolute atomic E-state index is 12.7. The predicted octanol–water partition coefficient (Wildman–Crippen LogP) is -0.357. The van der Waals surface area contributed by atoms with Gasteiger partial charge in [0, 0.05) is 36.2 Å². The lowest BCUT2D eigenvalue weighted by atomic mass is 9.87. The molecule has 1 aromatic carbocycles. The first-order valence-electron chi connectivity index (χ1n) is 17.2. The van der Waals surface area contributed by atoms with Gasteiger partial charge in [-0.05, 0) is 24.3 Å². The number of anilines is 1. The summed E-state index contributed by atoms with van der Waals surface area (Å²) < 4.78 is 62.1. The first-order valence-corrected chi connectivity index (χ1v) is 22.8. The third-order valence-electron chi connectivity index (χ3n) is 8.26. The number of aliphatic hydroxyl groups excluding tert-OH is 2. The van der Waals surface area contributed by atoms with E-state index in [4.69, 9.17) is 19.5 Å². The predicted molar refractivity (Wildman–Crippen MR) is 204 cm³/mol. The summed E-state index contributed by atoms with van der Waals surface area (Å²) in [7, 11) is -16.5. The van der Waals surface area contributed by atoms with Crippen LogP contribution in [-0.2, 0) is 50.7 Å². The Bertz CT molecular complexity index is 2170. The second-order valence-electron chi connectivity index (χ2n) is 13.4. The zero-order valence-electron chi connectivity index (χ0n) is 31.4. The van der Waals surface area contributed by atoms with Crippen LogP contribution >= 0.6 is 35.2 Å². The van der Waals surface area contributed by atoms with Crippen molar-refractivity contribution in [2.24, 2.45) is 5.41 Å². The van der Waals surface area contributed by atoms with E-state index in [9.17, 15) is 67.8 Å². The van der Waals surface area contributed by atoms with E-state index >= 15 is 0 Å². The Morgan fingerprint density at radius 2 is 1.67 bits per heavy atom. The summed E-state index contributed by atoms with van der Waals surface area (Å²) in [5.41, 5.74) is 4.45. The average Bonchev–Trinajstić information content (AvgIpc) is 3.71. The topological polar surface area (TPSA) is 401 Å². The number of ketones is 1. The van der Waals surface area contributed by atoms with Crippen LogP contribution in [0.15, 0.2) is 36.9 Å². The molecule has 7 atom stereocenters. The molecule has 2 amide bonds. The third kappa shape index (κ3) is 14.2. The number of carbonyl (C=O) groups excluding carboxylic acids is 4. The van der Waals surface area contributed by atoms with E-state index in [2.05, 4.69) is 34.4 Å². The number of hydrogen-bond acceptors (Lipinski definition) is 20. The molecule has 4 rings (SSSR count). The Balaban J connectivity index is 1.20. The van der Waals surface area contributed by atoms with E-state index in [1.807, 2.05) is 0 Å². The molecule has 2 aromatic heterocycles. The molecule has 0 spiro atoms. The zero-order chi connectivity index (χ0) is 44.6. The number of hydrogen-bond donors (Lipinski definition) is 10. The van der Waals surface area contributed by atoms with Crippen LogP contribution in [0.5, 0.6) is 5.75 Å². The lowest BCUT2D eigenvalue weighted by Gasteiger charge is -2.30. The number of Topliss-reactive ketones (excluding diaryl/α,β-unsaturated/α-hetero) is 1. The number of imidazole rings is 1. The highest BCUT2D eigenvalue weighted by Gasteiger charge is 2.50. The molecule has 30 heteroatoms. The highest BCUT2D eigenvalue weighted by atomic mass is 32.2. The molecule has 26 nitrogen and oxygen atoms in total. The molecule has 1 saturated heterocycles. The number of amides is 2. The molecule has 3 heterocycles. The van der Waals surface area contributed by atoms with Gasteiger partial charge in [0.2, 0.25) is 11.8 Å². The van der Waals surface area contributed by atoms with Gasteiger partial charge in [-0.15, -0.1) is 0 Å². The molecule has 7 unspecified atom stereocenters. The SMILES string of the molecule is CC(C)(COP(=O)(O)OP(=O)(O)OCC1OC(n2cnc3c(N)ncnc32)C(O)C1OP(=O)(O)O)C(O)C(=O)NCCC(=O)NCCSC(=O)CC(=O)c1ccc(O)cc1. The molecular formula is C30H42N7O19P3S. The van der Waals surface area contributed by atoms with E-state index in [1.54, 1.807) is 0 Å². The minimum absolute atomic E-state index is 0.0183. The second kappa shape index (κ2) is 20.4.